The first-order valence-corrected chi connectivity index (χ1v) is 7.94. The Morgan fingerprint density at radius 1 is 1.30 bits per heavy atom. The molecular weight excluding hydrogens is 248 g/mol. The van der Waals surface area contributed by atoms with E-state index < -0.39 is 0 Å². The van der Waals surface area contributed by atoms with Gasteiger partial charge in [-0.15, -0.1) is 0 Å². The van der Waals surface area contributed by atoms with E-state index in [0.29, 0.717) is 12.1 Å². The smallest absolute Gasteiger partial charge is 0.0748 e. The minimum absolute atomic E-state index is 0.383. The van der Waals surface area contributed by atoms with Crippen LogP contribution in [0.1, 0.15) is 45.2 Å². The summed E-state index contributed by atoms with van der Waals surface area (Å²) < 4.78 is 5.73. The summed E-state index contributed by atoms with van der Waals surface area (Å²) in [6, 6.07) is 9.42. The number of hydrogen-bond acceptors (Lipinski definition) is 3. The fraction of sp³-hybridized carbons (Fsp3) is 0.647. The van der Waals surface area contributed by atoms with Crippen LogP contribution in [0, 0.1) is 0 Å². The highest BCUT2D eigenvalue weighted by molar-refractivity contribution is 5.48. The highest BCUT2D eigenvalue weighted by Crippen LogP contribution is 2.21. The predicted octanol–water partition coefficient (Wildman–Crippen LogP) is 3.36. The molecular formula is C17H28N2O. The van der Waals surface area contributed by atoms with Crippen LogP contribution in [0.2, 0.25) is 0 Å². The van der Waals surface area contributed by atoms with E-state index in [1.807, 2.05) is 0 Å². The minimum Gasteiger partial charge on any atom is -0.375 e. The number of ether oxygens (including phenoxy) is 1. The van der Waals surface area contributed by atoms with Crippen LogP contribution in [0.25, 0.3) is 0 Å². The van der Waals surface area contributed by atoms with Crippen LogP contribution in [-0.4, -0.2) is 32.3 Å². The third-order valence-corrected chi connectivity index (χ3v) is 4.05. The molecule has 0 amide bonds. The highest BCUT2D eigenvalue weighted by atomic mass is 16.5. The first kappa shape index (κ1) is 15.3. The van der Waals surface area contributed by atoms with Crippen molar-refractivity contribution >= 4 is 5.69 Å². The molecule has 1 aromatic rings. The van der Waals surface area contributed by atoms with Crippen molar-refractivity contribution in [1.29, 1.82) is 0 Å². The maximum Gasteiger partial charge on any atom is 0.0748 e. The van der Waals surface area contributed by atoms with Crippen molar-refractivity contribution in [2.45, 2.75) is 45.8 Å². The minimum atomic E-state index is 0.383. The van der Waals surface area contributed by atoms with Gasteiger partial charge in [0.2, 0.25) is 0 Å². The Bertz CT molecular complexity index is 390. The summed E-state index contributed by atoms with van der Waals surface area (Å²) in [5.41, 5.74) is 2.68. The summed E-state index contributed by atoms with van der Waals surface area (Å²) >= 11 is 0. The number of rotatable bonds is 6. The molecule has 0 aliphatic carbocycles. The fourth-order valence-corrected chi connectivity index (χ4v) is 2.65. The van der Waals surface area contributed by atoms with Gasteiger partial charge in [-0.25, -0.2) is 0 Å². The molecule has 0 spiro atoms. The van der Waals surface area contributed by atoms with Crippen LogP contribution in [0.15, 0.2) is 24.3 Å². The Kier molecular flexibility index (Phi) is 5.86. The molecule has 1 aliphatic rings. The van der Waals surface area contributed by atoms with Gasteiger partial charge in [0.05, 0.1) is 12.7 Å². The maximum absolute atomic E-state index is 5.73. The Hall–Kier alpha value is -1.06. The zero-order valence-electron chi connectivity index (χ0n) is 13.1. The second-order valence-corrected chi connectivity index (χ2v) is 5.61. The fourth-order valence-electron chi connectivity index (χ4n) is 2.65. The average molecular weight is 276 g/mol. The lowest BCUT2D eigenvalue weighted by molar-refractivity contribution is 0.0384. The molecule has 0 bridgehead atoms. The maximum atomic E-state index is 5.73. The van der Waals surface area contributed by atoms with E-state index in [1.165, 1.54) is 17.7 Å². The van der Waals surface area contributed by atoms with Crippen LogP contribution in [0.3, 0.4) is 0 Å². The topological polar surface area (TPSA) is 24.5 Å². The van der Waals surface area contributed by atoms with Gasteiger partial charge in [-0.1, -0.05) is 26.0 Å². The summed E-state index contributed by atoms with van der Waals surface area (Å²) in [4.78, 5) is 2.44. The summed E-state index contributed by atoms with van der Waals surface area (Å²) in [7, 11) is 0. The third kappa shape index (κ3) is 3.97. The lowest BCUT2D eigenvalue weighted by Crippen LogP contribution is -2.42. The van der Waals surface area contributed by atoms with E-state index in [9.17, 15) is 0 Å². The van der Waals surface area contributed by atoms with Crippen molar-refractivity contribution in [3.05, 3.63) is 29.8 Å². The first-order chi connectivity index (χ1) is 9.74. The summed E-state index contributed by atoms with van der Waals surface area (Å²) in [5, 5.41) is 3.53. The number of benzene rings is 1. The third-order valence-electron chi connectivity index (χ3n) is 4.05. The van der Waals surface area contributed by atoms with Gasteiger partial charge in [-0.05, 0) is 44.0 Å². The largest absolute Gasteiger partial charge is 0.375 e. The molecule has 1 heterocycles. The Labute approximate surface area is 123 Å². The molecule has 0 saturated carbocycles. The van der Waals surface area contributed by atoms with E-state index in [1.54, 1.807) is 0 Å². The lowest BCUT2D eigenvalue weighted by Gasteiger charge is -2.34. The van der Waals surface area contributed by atoms with Crippen molar-refractivity contribution in [2.75, 3.05) is 31.1 Å². The standard InChI is InChI=1S/C17H28N2O/c1-4-10-18-14(3)15-6-8-16(9-7-15)19-11-12-20-17(5-2)13-19/h6-9,14,17-18H,4-5,10-13H2,1-3H3. The van der Waals surface area contributed by atoms with Crippen LogP contribution >= 0.6 is 0 Å². The van der Waals surface area contributed by atoms with Gasteiger partial charge >= 0.3 is 0 Å². The number of morpholine rings is 1. The molecule has 1 aromatic carbocycles. The lowest BCUT2D eigenvalue weighted by atomic mass is 10.1. The van der Waals surface area contributed by atoms with E-state index in [2.05, 4.69) is 55.3 Å². The van der Waals surface area contributed by atoms with Gasteiger partial charge < -0.3 is 15.0 Å². The van der Waals surface area contributed by atoms with Crippen LogP contribution < -0.4 is 10.2 Å². The van der Waals surface area contributed by atoms with E-state index in [0.717, 1.165) is 32.7 Å². The molecule has 1 saturated heterocycles. The molecule has 2 rings (SSSR count). The van der Waals surface area contributed by atoms with Gasteiger partial charge in [-0.2, -0.15) is 0 Å². The number of anilines is 1. The van der Waals surface area contributed by atoms with Gasteiger partial charge in [-0.3, -0.25) is 0 Å². The van der Waals surface area contributed by atoms with Crippen LogP contribution in [-0.2, 0) is 4.74 Å². The van der Waals surface area contributed by atoms with E-state index in [4.69, 9.17) is 4.74 Å². The van der Waals surface area contributed by atoms with Gasteiger partial charge in [0.25, 0.3) is 0 Å². The molecule has 112 valence electrons. The molecule has 1 N–H and O–H groups in total. The van der Waals surface area contributed by atoms with Crippen molar-refractivity contribution in [3.63, 3.8) is 0 Å². The number of nitrogens with one attached hydrogen (secondary N) is 1. The van der Waals surface area contributed by atoms with Gasteiger partial charge in [0, 0.05) is 24.8 Å². The Morgan fingerprint density at radius 2 is 2.05 bits per heavy atom. The quantitative estimate of drug-likeness (QED) is 0.862. The molecule has 2 unspecified atom stereocenters. The second-order valence-electron chi connectivity index (χ2n) is 5.61. The molecule has 0 aromatic heterocycles. The van der Waals surface area contributed by atoms with Crippen LogP contribution in [0.5, 0.6) is 0 Å². The molecule has 3 nitrogen and oxygen atoms in total. The van der Waals surface area contributed by atoms with Crippen LogP contribution in [0.4, 0.5) is 5.69 Å². The van der Waals surface area contributed by atoms with E-state index >= 15 is 0 Å². The number of nitrogens with zero attached hydrogens (tertiary/aromatic N) is 1. The Balaban J connectivity index is 1.97. The zero-order chi connectivity index (χ0) is 14.4. The Morgan fingerprint density at radius 3 is 2.70 bits per heavy atom. The number of hydrogen-bond donors (Lipinski definition) is 1. The summed E-state index contributed by atoms with van der Waals surface area (Å²) in [5.74, 6) is 0. The molecule has 20 heavy (non-hydrogen) atoms. The predicted molar refractivity (Wildman–Crippen MR) is 85.4 cm³/mol. The first-order valence-electron chi connectivity index (χ1n) is 7.94. The van der Waals surface area contributed by atoms with Crippen molar-refractivity contribution < 1.29 is 4.74 Å². The zero-order valence-corrected chi connectivity index (χ0v) is 13.1. The SMILES string of the molecule is CCCNC(C)c1ccc(N2CCOC(CC)C2)cc1. The van der Waals surface area contributed by atoms with Crippen molar-refractivity contribution in [3.8, 4) is 0 Å². The molecule has 0 radical (unpaired) electrons. The second kappa shape index (κ2) is 7.65. The van der Waals surface area contributed by atoms with Crippen molar-refractivity contribution in [2.24, 2.45) is 0 Å². The molecule has 1 fully saturated rings. The van der Waals surface area contributed by atoms with Gasteiger partial charge in [0.1, 0.15) is 0 Å². The molecule has 2 atom stereocenters. The van der Waals surface area contributed by atoms with E-state index in [-0.39, 0.29) is 0 Å². The molecule has 3 heteroatoms. The average Bonchev–Trinajstić information content (AvgIpc) is 2.52. The molecule has 1 aliphatic heterocycles. The monoisotopic (exact) mass is 276 g/mol. The summed E-state index contributed by atoms with van der Waals surface area (Å²) in [6.45, 7) is 10.6. The van der Waals surface area contributed by atoms with Gasteiger partial charge in [0.15, 0.2) is 0 Å². The highest BCUT2D eigenvalue weighted by Gasteiger charge is 2.19. The summed E-state index contributed by atoms with van der Waals surface area (Å²) in [6.07, 6.45) is 2.65. The normalized spacial score (nSPS) is 20.9. The van der Waals surface area contributed by atoms with Crippen molar-refractivity contribution in [1.82, 2.24) is 5.32 Å².